The van der Waals surface area contributed by atoms with Crippen LogP contribution in [-0.4, -0.2) is 13.1 Å². The van der Waals surface area contributed by atoms with Crippen LogP contribution in [0.1, 0.15) is 20.3 Å². The van der Waals surface area contributed by atoms with Crippen molar-refractivity contribution in [3.05, 3.63) is 5.92 Å². The second-order valence-electron chi connectivity index (χ2n) is 1.63. The SMILES string of the molecule is CC[C-](C)C(=O)OC.[Rh].[Rh]. The van der Waals surface area contributed by atoms with Gasteiger partial charge in [-0.05, 0) is 0 Å². The summed E-state index contributed by atoms with van der Waals surface area (Å²) < 4.78 is 4.43. The van der Waals surface area contributed by atoms with Crippen molar-refractivity contribution in [2.45, 2.75) is 20.3 Å². The Kier molecular flexibility index (Phi) is 16.2. The van der Waals surface area contributed by atoms with E-state index >= 15 is 0 Å². The summed E-state index contributed by atoms with van der Waals surface area (Å²) in [4.78, 5) is 10.5. The van der Waals surface area contributed by atoms with Crippen LogP contribution in [0.3, 0.4) is 0 Å². The zero-order valence-corrected chi connectivity index (χ0v) is 9.47. The first-order valence-corrected chi connectivity index (χ1v) is 2.63. The standard InChI is InChI=1S/C6H11O2.2Rh/c1-4-5(2)6(7)8-3;;/h4H2,1-3H3;;/q-1;;. The molecule has 0 aromatic heterocycles. The molecule has 0 aromatic carbocycles. The van der Waals surface area contributed by atoms with Gasteiger partial charge in [0.2, 0.25) is 0 Å². The molecule has 10 heavy (non-hydrogen) atoms. The molecule has 0 aromatic rings. The molecule has 0 aliphatic carbocycles. The summed E-state index contributed by atoms with van der Waals surface area (Å²) >= 11 is 0. The maximum atomic E-state index is 10.5. The van der Waals surface area contributed by atoms with E-state index in [1.807, 2.05) is 6.92 Å². The van der Waals surface area contributed by atoms with Crippen LogP contribution in [0, 0.1) is 5.92 Å². The minimum absolute atomic E-state index is 0. The Bertz CT molecular complexity index is 85.8. The van der Waals surface area contributed by atoms with Crippen LogP contribution >= 0.6 is 0 Å². The van der Waals surface area contributed by atoms with Crippen molar-refractivity contribution in [2.75, 3.05) is 7.11 Å². The predicted molar refractivity (Wildman–Crippen MR) is 31.2 cm³/mol. The Morgan fingerprint density at radius 3 is 2.00 bits per heavy atom. The maximum Gasteiger partial charge on any atom is 0.169 e. The number of carbonyl (C=O) groups excluding carboxylic acids is 1. The van der Waals surface area contributed by atoms with Gasteiger partial charge >= 0.3 is 0 Å². The van der Waals surface area contributed by atoms with E-state index in [9.17, 15) is 4.79 Å². The maximum absolute atomic E-state index is 10.5. The Morgan fingerprint density at radius 2 is 1.90 bits per heavy atom. The molecule has 0 saturated carbocycles. The minimum atomic E-state index is -0.201. The van der Waals surface area contributed by atoms with Crippen LogP contribution in [0.2, 0.25) is 0 Å². The Balaban J connectivity index is -0.000000245. The second-order valence-corrected chi connectivity index (χ2v) is 1.63. The third-order valence-corrected chi connectivity index (χ3v) is 1.06. The van der Waals surface area contributed by atoms with Gasteiger partial charge in [-0.3, -0.25) is 10.7 Å². The third kappa shape index (κ3) is 6.70. The van der Waals surface area contributed by atoms with E-state index in [-0.39, 0.29) is 44.9 Å². The first-order valence-electron chi connectivity index (χ1n) is 2.63. The summed E-state index contributed by atoms with van der Waals surface area (Å²) in [6, 6.07) is 0. The summed E-state index contributed by atoms with van der Waals surface area (Å²) in [5.41, 5.74) is 0. The van der Waals surface area contributed by atoms with Crippen molar-refractivity contribution in [3.63, 3.8) is 0 Å². The Labute approximate surface area is 87.6 Å². The molecular formula is C6H11O2Rh2-. The van der Waals surface area contributed by atoms with Crippen LogP contribution in [0.15, 0.2) is 0 Å². The van der Waals surface area contributed by atoms with Crippen molar-refractivity contribution < 1.29 is 48.5 Å². The number of carbonyl (C=O) groups is 1. The quantitative estimate of drug-likeness (QED) is 0.433. The van der Waals surface area contributed by atoms with Crippen molar-refractivity contribution in [1.82, 2.24) is 0 Å². The number of methoxy groups -OCH3 is 1. The van der Waals surface area contributed by atoms with Gasteiger partial charge in [0.15, 0.2) is 5.97 Å². The summed E-state index contributed by atoms with van der Waals surface area (Å²) in [6.45, 7) is 3.69. The number of ether oxygens (including phenoxy) is 1. The molecule has 2 nitrogen and oxygen atoms in total. The monoisotopic (exact) mass is 321 g/mol. The van der Waals surface area contributed by atoms with Gasteiger partial charge in [-0.15, -0.1) is 0 Å². The van der Waals surface area contributed by atoms with Crippen molar-refractivity contribution >= 4 is 5.97 Å². The van der Waals surface area contributed by atoms with Gasteiger partial charge in [-0.1, -0.05) is 6.92 Å². The predicted octanol–water partition coefficient (Wildman–Crippen LogP) is 1.16. The molecule has 0 rings (SSSR count). The smallest absolute Gasteiger partial charge is 0.169 e. The van der Waals surface area contributed by atoms with Crippen LogP contribution < -0.4 is 0 Å². The van der Waals surface area contributed by atoms with E-state index < -0.39 is 0 Å². The van der Waals surface area contributed by atoms with Gasteiger partial charge in [-0.25, -0.2) is 0 Å². The minimum Gasteiger partial charge on any atom is -0.491 e. The third-order valence-electron chi connectivity index (χ3n) is 1.06. The number of hydrogen-bond acceptors (Lipinski definition) is 2. The largest absolute Gasteiger partial charge is 0.491 e. The molecule has 0 heterocycles. The summed E-state index contributed by atoms with van der Waals surface area (Å²) in [7, 11) is 1.39. The fraction of sp³-hybridized carbons (Fsp3) is 0.667. The van der Waals surface area contributed by atoms with Crippen molar-refractivity contribution in [1.29, 1.82) is 0 Å². The fourth-order valence-corrected chi connectivity index (χ4v) is 0.319. The molecule has 0 bridgehead atoms. The van der Waals surface area contributed by atoms with E-state index in [1.165, 1.54) is 7.11 Å². The molecule has 0 saturated heterocycles. The molecule has 0 aliphatic rings. The topological polar surface area (TPSA) is 26.3 Å². The molecule has 0 N–H and O–H groups in total. The van der Waals surface area contributed by atoms with Crippen molar-refractivity contribution in [2.24, 2.45) is 0 Å². The first kappa shape index (κ1) is 16.9. The second kappa shape index (κ2) is 9.59. The number of hydrogen-bond donors (Lipinski definition) is 0. The molecule has 0 fully saturated rings. The van der Waals surface area contributed by atoms with Crippen LogP contribution in [0.25, 0.3) is 0 Å². The van der Waals surface area contributed by atoms with E-state index in [0.29, 0.717) is 0 Å². The zero-order chi connectivity index (χ0) is 6.57. The molecular weight excluding hydrogens is 310 g/mol. The van der Waals surface area contributed by atoms with Gasteiger partial charge in [0, 0.05) is 39.0 Å². The molecule has 0 spiro atoms. The average molecular weight is 321 g/mol. The van der Waals surface area contributed by atoms with Crippen LogP contribution in [0.5, 0.6) is 0 Å². The molecule has 66 valence electrons. The normalized spacial score (nSPS) is 6.70. The van der Waals surface area contributed by atoms with Gasteiger partial charge in [-0.2, -0.15) is 13.3 Å². The zero-order valence-electron chi connectivity index (χ0n) is 6.19. The summed E-state index contributed by atoms with van der Waals surface area (Å²) in [6.07, 6.45) is 0.771. The van der Waals surface area contributed by atoms with E-state index in [2.05, 4.69) is 4.74 Å². The van der Waals surface area contributed by atoms with Gasteiger partial charge < -0.3 is 4.74 Å². The number of esters is 1. The van der Waals surface area contributed by atoms with Crippen LogP contribution in [-0.2, 0) is 48.5 Å². The molecule has 4 heteroatoms. The summed E-state index contributed by atoms with van der Waals surface area (Å²) in [5, 5.41) is 0. The molecule has 0 atom stereocenters. The summed E-state index contributed by atoms with van der Waals surface area (Å²) in [5.74, 6) is 0.569. The Hall–Kier alpha value is 0.587. The Morgan fingerprint density at radius 1 is 1.50 bits per heavy atom. The average Bonchev–Trinajstić information content (AvgIpc) is 1.84. The van der Waals surface area contributed by atoms with E-state index in [0.717, 1.165) is 12.3 Å². The number of rotatable bonds is 2. The van der Waals surface area contributed by atoms with Gasteiger partial charge in [0.05, 0.1) is 7.11 Å². The van der Waals surface area contributed by atoms with E-state index in [1.54, 1.807) is 6.92 Å². The molecule has 2 radical (unpaired) electrons. The van der Waals surface area contributed by atoms with E-state index in [4.69, 9.17) is 0 Å². The van der Waals surface area contributed by atoms with Crippen LogP contribution in [0.4, 0.5) is 0 Å². The van der Waals surface area contributed by atoms with Crippen molar-refractivity contribution in [3.8, 4) is 0 Å². The van der Waals surface area contributed by atoms with Gasteiger partial charge in [0.1, 0.15) is 0 Å². The first-order chi connectivity index (χ1) is 3.72. The molecule has 0 unspecified atom stereocenters. The fourth-order valence-electron chi connectivity index (χ4n) is 0.319. The molecule has 0 aliphatic heterocycles. The molecule has 0 amide bonds. The van der Waals surface area contributed by atoms with Gasteiger partial charge in [0.25, 0.3) is 0 Å².